The minimum Gasteiger partial charge on any atom is -0.468 e. The first-order valence-corrected chi connectivity index (χ1v) is 5.40. The number of rotatable bonds is 5. The Balaban J connectivity index is 2.72. The largest absolute Gasteiger partial charge is 0.468 e. The molecule has 0 aliphatic rings. The van der Waals surface area contributed by atoms with Crippen LogP contribution in [0.4, 0.5) is 0 Å². The third-order valence-corrected chi connectivity index (χ3v) is 2.53. The fourth-order valence-corrected chi connectivity index (χ4v) is 1.39. The number of ether oxygens (including phenoxy) is 2. The smallest absolute Gasteiger partial charge is 0.374 e. The molecule has 1 rings (SSSR count). The summed E-state index contributed by atoms with van der Waals surface area (Å²) in [4.78, 5) is 22.8. The molecule has 1 heterocycles. The van der Waals surface area contributed by atoms with Gasteiger partial charge in [-0.15, -0.1) is 0 Å². The molecule has 0 aliphatic heterocycles. The molecule has 0 aromatic carbocycles. The van der Waals surface area contributed by atoms with Gasteiger partial charge in [-0.2, -0.15) is 0 Å². The Morgan fingerprint density at radius 1 is 1.33 bits per heavy atom. The van der Waals surface area contributed by atoms with Gasteiger partial charge in [0.15, 0.2) is 0 Å². The minimum absolute atomic E-state index is 0.130. The molecule has 6 heteroatoms. The summed E-state index contributed by atoms with van der Waals surface area (Å²) in [5.41, 5.74) is -0.224. The second kappa shape index (κ2) is 5.68. The van der Waals surface area contributed by atoms with Crippen LogP contribution in [0.5, 0.6) is 0 Å². The molecule has 1 N–H and O–H groups in total. The molecule has 0 radical (unpaired) electrons. The van der Waals surface area contributed by atoms with Crippen LogP contribution in [0, 0.1) is 0 Å². The van der Waals surface area contributed by atoms with E-state index < -0.39 is 11.5 Å². The molecular formula is C12H17NO5. The molecule has 0 atom stereocenters. The first-order chi connectivity index (χ1) is 8.42. The molecule has 0 unspecified atom stereocenters. The van der Waals surface area contributed by atoms with Gasteiger partial charge in [-0.3, -0.25) is 10.1 Å². The number of esters is 2. The number of carbonyl (C=O) groups is 2. The number of methoxy groups -OCH3 is 2. The van der Waals surface area contributed by atoms with Gasteiger partial charge in [-0.1, -0.05) is 0 Å². The van der Waals surface area contributed by atoms with Gasteiger partial charge < -0.3 is 13.9 Å². The normalized spacial score (nSPS) is 11.1. The third-order valence-electron chi connectivity index (χ3n) is 2.53. The topological polar surface area (TPSA) is 77.8 Å². The van der Waals surface area contributed by atoms with Crippen LogP contribution in [0.3, 0.4) is 0 Å². The maximum absolute atomic E-state index is 11.5. The summed E-state index contributed by atoms with van der Waals surface area (Å²) in [6, 6.07) is 1.65. The highest BCUT2D eigenvalue weighted by atomic mass is 16.5. The summed E-state index contributed by atoms with van der Waals surface area (Å²) in [5, 5.41) is 2.99. The Morgan fingerprint density at radius 2 is 2.00 bits per heavy atom. The highest BCUT2D eigenvalue weighted by Crippen LogP contribution is 2.14. The minimum atomic E-state index is -0.848. The van der Waals surface area contributed by atoms with Crippen LogP contribution in [0.25, 0.3) is 0 Å². The average molecular weight is 255 g/mol. The molecule has 0 saturated heterocycles. The third kappa shape index (κ3) is 3.10. The van der Waals surface area contributed by atoms with E-state index in [0.29, 0.717) is 12.1 Å². The van der Waals surface area contributed by atoms with Crippen LogP contribution < -0.4 is 5.32 Å². The van der Waals surface area contributed by atoms with E-state index >= 15 is 0 Å². The van der Waals surface area contributed by atoms with Gasteiger partial charge in [0.2, 0.25) is 5.76 Å². The summed E-state index contributed by atoms with van der Waals surface area (Å²) < 4.78 is 14.3. The molecule has 0 amide bonds. The lowest BCUT2D eigenvalue weighted by molar-refractivity contribution is -0.147. The molecule has 100 valence electrons. The standard InChI is InChI=1S/C12H17NO5/c1-12(2,11(15)17-4)13-7-8-5-6-18-9(8)10(14)16-3/h5-6,13H,7H2,1-4H3. The van der Waals surface area contributed by atoms with E-state index in [1.165, 1.54) is 20.5 Å². The van der Waals surface area contributed by atoms with Crippen LogP contribution in [0.2, 0.25) is 0 Å². The van der Waals surface area contributed by atoms with Crippen molar-refractivity contribution >= 4 is 11.9 Å². The van der Waals surface area contributed by atoms with E-state index in [0.717, 1.165) is 0 Å². The maximum Gasteiger partial charge on any atom is 0.374 e. The van der Waals surface area contributed by atoms with Crippen LogP contribution >= 0.6 is 0 Å². The van der Waals surface area contributed by atoms with E-state index in [1.54, 1.807) is 19.9 Å². The Kier molecular flexibility index (Phi) is 4.49. The first-order valence-electron chi connectivity index (χ1n) is 5.40. The quantitative estimate of drug-likeness (QED) is 0.794. The lowest BCUT2D eigenvalue weighted by Crippen LogP contribution is -2.47. The van der Waals surface area contributed by atoms with Crippen molar-refractivity contribution in [2.24, 2.45) is 0 Å². The van der Waals surface area contributed by atoms with E-state index in [4.69, 9.17) is 4.42 Å². The SMILES string of the molecule is COC(=O)c1occc1CNC(C)(C)C(=O)OC. The molecule has 6 nitrogen and oxygen atoms in total. The van der Waals surface area contributed by atoms with E-state index in [-0.39, 0.29) is 11.7 Å². The molecule has 18 heavy (non-hydrogen) atoms. The molecule has 0 bridgehead atoms. The van der Waals surface area contributed by atoms with Crippen molar-refractivity contribution in [3.63, 3.8) is 0 Å². The summed E-state index contributed by atoms with van der Waals surface area (Å²) in [7, 11) is 2.60. The Labute approximate surface area is 105 Å². The van der Waals surface area contributed by atoms with Crippen molar-refractivity contribution in [3.05, 3.63) is 23.7 Å². The number of hydrogen-bond acceptors (Lipinski definition) is 6. The monoisotopic (exact) mass is 255 g/mol. The Hall–Kier alpha value is -1.82. The van der Waals surface area contributed by atoms with Gasteiger partial charge in [0.05, 0.1) is 20.5 Å². The number of hydrogen-bond donors (Lipinski definition) is 1. The molecule has 0 fully saturated rings. The second-order valence-corrected chi connectivity index (χ2v) is 4.24. The van der Waals surface area contributed by atoms with Gasteiger partial charge in [0.25, 0.3) is 0 Å². The molecular weight excluding hydrogens is 238 g/mol. The zero-order chi connectivity index (χ0) is 13.8. The van der Waals surface area contributed by atoms with Crippen LogP contribution in [-0.4, -0.2) is 31.7 Å². The summed E-state index contributed by atoms with van der Waals surface area (Å²) in [5.74, 6) is -0.802. The summed E-state index contributed by atoms with van der Waals surface area (Å²) in [6.07, 6.45) is 1.40. The van der Waals surface area contributed by atoms with E-state index in [2.05, 4.69) is 14.8 Å². The van der Waals surface area contributed by atoms with Crippen molar-refractivity contribution in [1.82, 2.24) is 5.32 Å². The second-order valence-electron chi connectivity index (χ2n) is 4.24. The summed E-state index contributed by atoms with van der Waals surface area (Å²) in [6.45, 7) is 3.68. The Morgan fingerprint density at radius 3 is 2.56 bits per heavy atom. The number of nitrogens with one attached hydrogen (secondary N) is 1. The zero-order valence-electron chi connectivity index (χ0n) is 10.9. The van der Waals surface area contributed by atoms with Crippen molar-refractivity contribution in [3.8, 4) is 0 Å². The predicted octanol–water partition coefficient (Wildman–Crippen LogP) is 1.11. The highest BCUT2D eigenvalue weighted by molar-refractivity contribution is 5.87. The van der Waals surface area contributed by atoms with Gasteiger partial charge in [-0.05, 0) is 19.9 Å². The molecule has 1 aromatic rings. The van der Waals surface area contributed by atoms with E-state index in [9.17, 15) is 9.59 Å². The van der Waals surface area contributed by atoms with Crippen molar-refractivity contribution in [2.45, 2.75) is 25.9 Å². The summed E-state index contributed by atoms with van der Waals surface area (Å²) >= 11 is 0. The van der Waals surface area contributed by atoms with Crippen molar-refractivity contribution in [1.29, 1.82) is 0 Å². The highest BCUT2D eigenvalue weighted by Gasteiger charge is 2.28. The number of furan rings is 1. The first kappa shape index (κ1) is 14.2. The average Bonchev–Trinajstić information content (AvgIpc) is 2.82. The van der Waals surface area contributed by atoms with Crippen LogP contribution in [-0.2, 0) is 20.8 Å². The van der Waals surface area contributed by atoms with Gasteiger partial charge in [0, 0.05) is 12.1 Å². The molecule has 0 saturated carbocycles. The van der Waals surface area contributed by atoms with Crippen LogP contribution in [0.15, 0.2) is 16.7 Å². The van der Waals surface area contributed by atoms with E-state index in [1.807, 2.05) is 0 Å². The van der Waals surface area contributed by atoms with Gasteiger partial charge in [0.1, 0.15) is 5.54 Å². The lowest BCUT2D eigenvalue weighted by atomic mass is 10.1. The van der Waals surface area contributed by atoms with Crippen molar-refractivity contribution < 1.29 is 23.5 Å². The Bertz CT molecular complexity index is 435. The lowest BCUT2D eigenvalue weighted by Gasteiger charge is -2.22. The zero-order valence-corrected chi connectivity index (χ0v) is 10.9. The fourth-order valence-electron chi connectivity index (χ4n) is 1.39. The molecule has 0 spiro atoms. The molecule has 0 aliphatic carbocycles. The molecule has 1 aromatic heterocycles. The van der Waals surface area contributed by atoms with Crippen molar-refractivity contribution in [2.75, 3.05) is 14.2 Å². The maximum atomic E-state index is 11.5. The van der Waals surface area contributed by atoms with Crippen LogP contribution in [0.1, 0.15) is 30.0 Å². The number of carbonyl (C=O) groups excluding carboxylic acids is 2. The predicted molar refractivity (Wildman–Crippen MR) is 63.0 cm³/mol. The van der Waals surface area contributed by atoms with Gasteiger partial charge in [-0.25, -0.2) is 4.79 Å². The van der Waals surface area contributed by atoms with Gasteiger partial charge >= 0.3 is 11.9 Å². The fraction of sp³-hybridized carbons (Fsp3) is 0.500.